The van der Waals surface area contributed by atoms with Crippen LogP contribution in [0.2, 0.25) is 0 Å². The molecule has 0 aliphatic heterocycles. The van der Waals surface area contributed by atoms with Crippen molar-refractivity contribution in [3.8, 4) is 45.7 Å². The second-order valence-electron chi connectivity index (χ2n) is 12.5. The summed E-state index contributed by atoms with van der Waals surface area (Å²) in [7, 11) is 0. The third kappa shape index (κ3) is 4.29. The molecule has 0 unspecified atom stereocenters. The molecule has 0 saturated carbocycles. The monoisotopic (exact) mass is 654 g/mol. The number of fused-ring (bicyclic) bond motifs is 8. The molecule has 0 N–H and O–H groups in total. The molecular formula is C45H26N4S. The van der Waals surface area contributed by atoms with Crippen molar-refractivity contribution in [1.82, 2.24) is 14.5 Å². The first-order valence-electron chi connectivity index (χ1n) is 16.6. The van der Waals surface area contributed by atoms with E-state index >= 15 is 0 Å². The number of benzene rings is 7. The molecule has 50 heavy (non-hydrogen) atoms. The average Bonchev–Trinajstić information content (AvgIpc) is 3.73. The van der Waals surface area contributed by atoms with E-state index in [0.717, 1.165) is 43.2 Å². The van der Waals surface area contributed by atoms with Gasteiger partial charge in [0, 0.05) is 53.3 Å². The van der Waals surface area contributed by atoms with Crippen LogP contribution < -0.4 is 0 Å². The molecule has 7 aromatic carbocycles. The van der Waals surface area contributed by atoms with Crippen LogP contribution in [0, 0.1) is 11.3 Å². The van der Waals surface area contributed by atoms with E-state index in [2.05, 4.69) is 126 Å². The number of nitrogens with zero attached hydrogens (tertiary/aromatic N) is 4. The van der Waals surface area contributed by atoms with Crippen molar-refractivity contribution in [3.63, 3.8) is 0 Å². The number of aromatic nitrogens is 3. The van der Waals surface area contributed by atoms with Gasteiger partial charge in [0.25, 0.3) is 0 Å². The molecule has 0 bridgehead atoms. The van der Waals surface area contributed by atoms with Crippen molar-refractivity contribution < 1.29 is 0 Å². The molecule has 0 spiro atoms. The normalized spacial score (nSPS) is 11.6. The first kappa shape index (κ1) is 28.4. The number of thiophene rings is 1. The summed E-state index contributed by atoms with van der Waals surface area (Å²) in [4.78, 5) is 10.3. The predicted octanol–water partition coefficient (Wildman–Crippen LogP) is 12.0. The van der Waals surface area contributed by atoms with E-state index in [1.807, 2.05) is 42.5 Å². The zero-order valence-corrected chi connectivity index (χ0v) is 27.5. The topological polar surface area (TPSA) is 54.5 Å². The van der Waals surface area contributed by atoms with Gasteiger partial charge in [0.2, 0.25) is 0 Å². The molecular weight excluding hydrogens is 629 g/mol. The highest BCUT2D eigenvalue weighted by molar-refractivity contribution is 7.26. The van der Waals surface area contributed by atoms with E-state index in [4.69, 9.17) is 9.97 Å². The van der Waals surface area contributed by atoms with Crippen LogP contribution in [0.15, 0.2) is 158 Å². The summed E-state index contributed by atoms with van der Waals surface area (Å²) in [5.74, 6) is 0.592. The number of nitriles is 1. The van der Waals surface area contributed by atoms with Gasteiger partial charge in [-0.25, -0.2) is 9.97 Å². The highest BCUT2D eigenvalue weighted by Crippen LogP contribution is 2.46. The van der Waals surface area contributed by atoms with Gasteiger partial charge in [-0.15, -0.1) is 11.3 Å². The fourth-order valence-electron chi connectivity index (χ4n) is 7.41. The van der Waals surface area contributed by atoms with Crippen LogP contribution in [-0.4, -0.2) is 14.5 Å². The van der Waals surface area contributed by atoms with E-state index in [1.165, 1.54) is 31.9 Å². The molecule has 232 valence electrons. The molecule has 10 aromatic rings. The largest absolute Gasteiger partial charge is 0.309 e. The lowest BCUT2D eigenvalue weighted by Gasteiger charge is -2.13. The minimum atomic E-state index is 0.468. The molecule has 0 radical (unpaired) electrons. The maximum Gasteiger partial charge on any atom is 0.160 e. The van der Waals surface area contributed by atoms with Crippen molar-refractivity contribution in [2.75, 3.05) is 0 Å². The highest BCUT2D eigenvalue weighted by atomic mass is 32.1. The summed E-state index contributed by atoms with van der Waals surface area (Å²) in [5.41, 5.74) is 7.94. The first-order chi connectivity index (χ1) is 24.8. The van der Waals surface area contributed by atoms with E-state index in [0.29, 0.717) is 22.8 Å². The van der Waals surface area contributed by atoms with Gasteiger partial charge in [-0.1, -0.05) is 121 Å². The van der Waals surface area contributed by atoms with Crippen molar-refractivity contribution >= 4 is 64.1 Å². The average molecular weight is 655 g/mol. The summed E-state index contributed by atoms with van der Waals surface area (Å²) in [5, 5.41) is 17.9. The molecule has 4 nitrogen and oxygen atoms in total. The quantitative estimate of drug-likeness (QED) is 0.190. The number of rotatable bonds is 4. The maximum absolute atomic E-state index is 10.8. The van der Waals surface area contributed by atoms with Crippen molar-refractivity contribution in [3.05, 3.63) is 163 Å². The van der Waals surface area contributed by atoms with Gasteiger partial charge in [-0.3, -0.25) is 0 Å². The molecule has 0 fully saturated rings. The number of hydrogen-bond acceptors (Lipinski definition) is 4. The zero-order chi connectivity index (χ0) is 33.2. The van der Waals surface area contributed by atoms with Gasteiger partial charge in [0.1, 0.15) is 11.6 Å². The van der Waals surface area contributed by atoms with Gasteiger partial charge < -0.3 is 4.57 Å². The third-order valence-corrected chi connectivity index (χ3v) is 10.8. The Morgan fingerprint density at radius 1 is 0.540 bits per heavy atom. The summed E-state index contributed by atoms with van der Waals surface area (Å²) >= 11 is 1.76. The fraction of sp³-hybridized carbons (Fsp3) is 0. The van der Waals surface area contributed by atoms with Crippen LogP contribution in [-0.2, 0) is 0 Å². The van der Waals surface area contributed by atoms with Gasteiger partial charge in [-0.05, 0) is 47.2 Å². The second-order valence-corrected chi connectivity index (χ2v) is 13.5. The Balaban J connectivity index is 1.28. The summed E-state index contributed by atoms with van der Waals surface area (Å²) in [6, 6.07) is 57.2. The van der Waals surface area contributed by atoms with Crippen LogP contribution in [0.4, 0.5) is 0 Å². The second kappa shape index (κ2) is 11.2. The van der Waals surface area contributed by atoms with Crippen LogP contribution >= 0.6 is 11.3 Å². The molecule has 0 aliphatic carbocycles. The zero-order valence-electron chi connectivity index (χ0n) is 26.7. The third-order valence-electron chi connectivity index (χ3n) is 9.64. The van der Waals surface area contributed by atoms with Crippen LogP contribution in [0.5, 0.6) is 0 Å². The van der Waals surface area contributed by atoms with Crippen molar-refractivity contribution in [2.24, 2.45) is 0 Å². The Morgan fingerprint density at radius 3 is 2.10 bits per heavy atom. The summed E-state index contributed by atoms with van der Waals surface area (Å²) in [6.07, 6.45) is 0. The molecule has 0 amide bonds. The van der Waals surface area contributed by atoms with Crippen LogP contribution in [0.1, 0.15) is 5.56 Å². The van der Waals surface area contributed by atoms with Gasteiger partial charge in [0.15, 0.2) is 5.82 Å². The molecule has 5 heteroatoms. The van der Waals surface area contributed by atoms with E-state index in [-0.39, 0.29) is 0 Å². The minimum Gasteiger partial charge on any atom is -0.309 e. The number of para-hydroxylation sites is 2. The van der Waals surface area contributed by atoms with Crippen molar-refractivity contribution in [1.29, 1.82) is 5.26 Å². The smallest absolute Gasteiger partial charge is 0.160 e. The molecule has 0 aliphatic rings. The Morgan fingerprint density at radius 2 is 1.26 bits per heavy atom. The summed E-state index contributed by atoms with van der Waals surface area (Å²) in [6.45, 7) is 0. The van der Waals surface area contributed by atoms with Gasteiger partial charge in [-0.2, -0.15) is 5.26 Å². The van der Waals surface area contributed by atoms with Gasteiger partial charge >= 0.3 is 0 Å². The van der Waals surface area contributed by atoms with Gasteiger partial charge in [0.05, 0.1) is 22.4 Å². The van der Waals surface area contributed by atoms with Crippen LogP contribution in [0.25, 0.3) is 92.3 Å². The van der Waals surface area contributed by atoms with E-state index in [1.54, 1.807) is 11.3 Å². The maximum atomic E-state index is 10.8. The molecule has 0 atom stereocenters. The van der Waals surface area contributed by atoms with E-state index in [9.17, 15) is 5.26 Å². The molecule has 3 aromatic heterocycles. The minimum absolute atomic E-state index is 0.468. The first-order valence-corrected chi connectivity index (χ1v) is 17.4. The fourth-order valence-corrected chi connectivity index (χ4v) is 8.64. The highest BCUT2D eigenvalue weighted by Gasteiger charge is 2.23. The lowest BCUT2D eigenvalue weighted by Crippen LogP contribution is -2.01. The molecule has 3 heterocycles. The SMILES string of the molecule is N#Cc1c(-c2ccc3ccccc3c2)nc(-c2ccccc2)nc1-c1cccc2c1sc1ccc3c(c4ccccc4n3-c3ccccc3)c12. The molecule has 0 saturated heterocycles. The Kier molecular flexibility index (Phi) is 6.38. The van der Waals surface area contributed by atoms with Crippen molar-refractivity contribution in [2.45, 2.75) is 0 Å². The Hall–Kier alpha value is -6.61. The lowest BCUT2D eigenvalue weighted by molar-refractivity contribution is 1.17. The summed E-state index contributed by atoms with van der Waals surface area (Å²) < 4.78 is 4.66. The Bertz CT molecular complexity index is 2990. The lowest BCUT2D eigenvalue weighted by atomic mass is 9.97. The predicted molar refractivity (Wildman–Crippen MR) is 208 cm³/mol. The standard InChI is InChI=1S/C45H26N4S/c46-27-36-42(31-23-22-28-12-7-8-15-30(28)26-31)47-45(29-13-3-1-4-14-29)48-43(36)35-20-11-19-34-41-39(50-44(34)35)25-24-38-40(41)33-18-9-10-21-37(33)49(38)32-16-5-2-6-17-32/h1-26H. The molecule has 10 rings (SSSR count). The Labute approximate surface area is 291 Å². The van der Waals surface area contributed by atoms with E-state index < -0.39 is 0 Å². The number of hydrogen-bond donors (Lipinski definition) is 0. The van der Waals surface area contributed by atoms with Crippen LogP contribution in [0.3, 0.4) is 0 Å².